The molecule has 0 atom stereocenters. The largest absolute Gasteiger partial charge is 0.416 e. The molecule has 0 radical (unpaired) electrons. The van der Waals surface area contributed by atoms with Gasteiger partial charge in [-0.25, -0.2) is 0 Å². The smallest absolute Gasteiger partial charge is 0.369 e. The zero-order valence-corrected chi connectivity index (χ0v) is 16.4. The molecule has 2 heterocycles. The van der Waals surface area contributed by atoms with Gasteiger partial charge in [-0.1, -0.05) is 0 Å². The number of alkyl halides is 3. The first-order valence-corrected chi connectivity index (χ1v) is 9.59. The maximum atomic E-state index is 13.2. The first kappa shape index (κ1) is 20.2. The van der Waals surface area contributed by atoms with E-state index in [-0.39, 0.29) is 12.2 Å². The molecule has 0 unspecified atom stereocenters. The summed E-state index contributed by atoms with van der Waals surface area (Å²) in [5, 5.41) is 2.72. The fraction of sp³-hybridized carbons (Fsp3) is 0.333. The first-order valence-electron chi connectivity index (χ1n) is 9.59. The second-order valence-corrected chi connectivity index (χ2v) is 7.50. The van der Waals surface area contributed by atoms with Crippen LogP contribution in [0.25, 0.3) is 0 Å². The van der Waals surface area contributed by atoms with Crippen LogP contribution in [-0.2, 0) is 11.0 Å². The molecule has 0 bridgehead atoms. The summed E-state index contributed by atoms with van der Waals surface area (Å²) in [4.78, 5) is 31.2. The first-order chi connectivity index (χ1) is 14.2. The Balaban J connectivity index is 1.66. The number of halogens is 3. The van der Waals surface area contributed by atoms with Crippen LogP contribution in [0.3, 0.4) is 0 Å². The Morgan fingerprint density at radius 2 is 1.53 bits per heavy atom. The van der Waals surface area contributed by atoms with Gasteiger partial charge in [-0.2, -0.15) is 13.2 Å². The summed E-state index contributed by atoms with van der Waals surface area (Å²) < 4.78 is 38.6. The number of hydrogen-bond acceptors (Lipinski definition) is 4. The van der Waals surface area contributed by atoms with E-state index in [2.05, 4.69) is 22.2 Å². The van der Waals surface area contributed by atoms with Gasteiger partial charge in [0.2, 0.25) is 5.91 Å². The lowest BCUT2D eigenvalue weighted by Gasteiger charge is -2.34. The van der Waals surface area contributed by atoms with Gasteiger partial charge in [0.25, 0.3) is 5.91 Å². The molecule has 9 heteroatoms. The molecule has 0 saturated carbocycles. The van der Waals surface area contributed by atoms with Crippen LogP contribution in [-0.4, -0.2) is 56.5 Å². The highest BCUT2D eigenvalue weighted by Crippen LogP contribution is 2.32. The van der Waals surface area contributed by atoms with Crippen molar-refractivity contribution >= 4 is 28.9 Å². The maximum Gasteiger partial charge on any atom is 0.416 e. The van der Waals surface area contributed by atoms with E-state index in [9.17, 15) is 22.8 Å². The predicted octanol–water partition coefficient (Wildman–Crippen LogP) is 3.06. The van der Waals surface area contributed by atoms with E-state index < -0.39 is 23.6 Å². The van der Waals surface area contributed by atoms with Gasteiger partial charge in [0.05, 0.1) is 16.8 Å². The summed E-state index contributed by atoms with van der Waals surface area (Å²) in [5.41, 5.74) is 1.02. The molecule has 2 aromatic rings. The Bertz CT molecular complexity index is 967. The molecule has 6 nitrogen and oxygen atoms in total. The summed E-state index contributed by atoms with van der Waals surface area (Å²) in [6.45, 7) is 3.17. The van der Waals surface area contributed by atoms with Crippen LogP contribution in [0.4, 0.5) is 30.2 Å². The van der Waals surface area contributed by atoms with E-state index in [1.165, 1.54) is 17.0 Å². The van der Waals surface area contributed by atoms with Crippen LogP contribution >= 0.6 is 0 Å². The SMILES string of the molecule is CN1CCN(c2ccc3c(c2)C(=O)N(c2ccc(C(F)(F)F)cc2)CC(=O)N3)CC1. The number of anilines is 3. The van der Waals surface area contributed by atoms with E-state index in [4.69, 9.17) is 0 Å². The zero-order valence-electron chi connectivity index (χ0n) is 16.4. The molecule has 0 aromatic heterocycles. The highest BCUT2D eigenvalue weighted by Gasteiger charge is 2.32. The fourth-order valence-corrected chi connectivity index (χ4v) is 3.67. The molecule has 4 rings (SSSR count). The number of rotatable bonds is 2. The number of likely N-dealkylation sites (N-methyl/N-ethyl adjacent to an activating group) is 1. The summed E-state index contributed by atoms with van der Waals surface area (Å²) in [6.07, 6.45) is -4.47. The molecule has 1 fully saturated rings. The van der Waals surface area contributed by atoms with Crippen LogP contribution < -0.4 is 15.1 Å². The quantitative estimate of drug-likeness (QED) is 0.815. The molecule has 2 aliphatic rings. The third-order valence-corrected chi connectivity index (χ3v) is 5.43. The number of benzene rings is 2. The minimum absolute atomic E-state index is 0.237. The van der Waals surface area contributed by atoms with Gasteiger partial charge in [0.15, 0.2) is 0 Å². The van der Waals surface area contributed by atoms with E-state index in [1.54, 1.807) is 12.1 Å². The van der Waals surface area contributed by atoms with Crippen molar-refractivity contribution in [2.75, 3.05) is 54.9 Å². The molecular weight excluding hydrogens is 397 g/mol. The Kier molecular flexibility index (Phi) is 5.15. The highest BCUT2D eigenvalue weighted by molar-refractivity contribution is 6.17. The van der Waals surface area contributed by atoms with Crippen molar-refractivity contribution < 1.29 is 22.8 Å². The molecule has 2 amide bonds. The molecule has 0 spiro atoms. The van der Waals surface area contributed by atoms with Crippen molar-refractivity contribution in [3.8, 4) is 0 Å². The second-order valence-electron chi connectivity index (χ2n) is 7.50. The number of hydrogen-bond donors (Lipinski definition) is 1. The van der Waals surface area contributed by atoms with Gasteiger partial charge in [-0.3, -0.25) is 14.5 Å². The lowest BCUT2D eigenvalue weighted by molar-refractivity contribution is -0.137. The van der Waals surface area contributed by atoms with Gasteiger partial charge in [0.1, 0.15) is 6.54 Å². The zero-order chi connectivity index (χ0) is 21.5. The maximum absolute atomic E-state index is 13.2. The van der Waals surface area contributed by atoms with Crippen LogP contribution in [0.5, 0.6) is 0 Å². The Morgan fingerprint density at radius 1 is 0.900 bits per heavy atom. The molecule has 2 aliphatic heterocycles. The van der Waals surface area contributed by atoms with Crippen molar-refractivity contribution in [1.29, 1.82) is 0 Å². The van der Waals surface area contributed by atoms with Gasteiger partial charge < -0.3 is 15.1 Å². The van der Waals surface area contributed by atoms with Crippen molar-refractivity contribution in [3.05, 3.63) is 53.6 Å². The normalized spacial score (nSPS) is 18.1. The average Bonchev–Trinajstić information content (AvgIpc) is 2.84. The van der Waals surface area contributed by atoms with Crippen LogP contribution in [0.15, 0.2) is 42.5 Å². The van der Waals surface area contributed by atoms with Crippen molar-refractivity contribution in [3.63, 3.8) is 0 Å². The Hall–Kier alpha value is -3.07. The predicted molar refractivity (Wildman–Crippen MR) is 108 cm³/mol. The number of nitrogens with zero attached hydrogens (tertiary/aromatic N) is 3. The summed E-state index contributed by atoms with van der Waals surface area (Å²) in [5.74, 6) is -0.839. The molecule has 1 N–H and O–H groups in total. The summed E-state index contributed by atoms with van der Waals surface area (Å²) >= 11 is 0. The number of nitrogens with one attached hydrogen (secondary N) is 1. The minimum Gasteiger partial charge on any atom is -0.369 e. The van der Waals surface area contributed by atoms with E-state index in [0.717, 1.165) is 44.0 Å². The number of amides is 2. The van der Waals surface area contributed by atoms with Crippen molar-refractivity contribution in [1.82, 2.24) is 4.90 Å². The number of fused-ring (bicyclic) bond motifs is 1. The van der Waals surface area contributed by atoms with Crippen LogP contribution in [0.2, 0.25) is 0 Å². The molecule has 2 aromatic carbocycles. The second kappa shape index (κ2) is 7.64. The third-order valence-electron chi connectivity index (χ3n) is 5.43. The van der Waals surface area contributed by atoms with E-state index >= 15 is 0 Å². The van der Waals surface area contributed by atoms with Gasteiger partial charge in [-0.05, 0) is 49.5 Å². The van der Waals surface area contributed by atoms with Crippen LogP contribution in [0, 0.1) is 0 Å². The number of carbonyl (C=O) groups is 2. The molecule has 30 heavy (non-hydrogen) atoms. The van der Waals surface area contributed by atoms with E-state index in [0.29, 0.717) is 11.3 Å². The van der Waals surface area contributed by atoms with Crippen molar-refractivity contribution in [2.45, 2.75) is 6.18 Å². The molecule has 158 valence electrons. The minimum atomic E-state index is -4.47. The van der Waals surface area contributed by atoms with Gasteiger partial charge >= 0.3 is 6.18 Å². The summed E-state index contributed by atoms with van der Waals surface area (Å²) in [7, 11) is 2.05. The summed E-state index contributed by atoms with van der Waals surface area (Å²) in [6, 6.07) is 9.55. The topological polar surface area (TPSA) is 55.9 Å². The van der Waals surface area contributed by atoms with E-state index in [1.807, 2.05) is 6.07 Å². The molecular formula is C21H21F3N4O2. The molecule has 0 aliphatic carbocycles. The Labute approximate surface area is 171 Å². The molecule has 1 saturated heterocycles. The number of piperazine rings is 1. The fourth-order valence-electron chi connectivity index (χ4n) is 3.67. The van der Waals surface area contributed by atoms with Gasteiger partial charge in [0, 0.05) is 37.6 Å². The number of carbonyl (C=O) groups excluding carboxylic acids is 2. The average molecular weight is 418 g/mol. The van der Waals surface area contributed by atoms with Crippen molar-refractivity contribution in [2.24, 2.45) is 0 Å². The van der Waals surface area contributed by atoms with Gasteiger partial charge in [-0.15, -0.1) is 0 Å². The monoisotopic (exact) mass is 418 g/mol. The lowest BCUT2D eigenvalue weighted by Crippen LogP contribution is -2.44. The highest BCUT2D eigenvalue weighted by atomic mass is 19.4. The third kappa shape index (κ3) is 3.97. The Morgan fingerprint density at radius 3 is 2.17 bits per heavy atom. The van der Waals surface area contributed by atoms with Crippen LogP contribution in [0.1, 0.15) is 15.9 Å². The lowest BCUT2D eigenvalue weighted by atomic mass is 10.1. The standard InChI is InChI=1S/C21H21F3N4O2/c1-26-8-10-27(11-9-26)16-6-7-18-17(12-16)20(30)28(13-19(29)25-18)15-4-2-14(3-5-15)21(22,23)24/h2-7,12H,8-11,13H2,1H3,(H,25,29).